The summed E-state index contributed by atoms with van der Waals surface area (Å²) in [6, 6.07) is 0. The van der Waals surface area contributed by atoms with E-state index in [1.54, 1.807) is 11.8 Å². The molecule has 1 aliphatic rings. The molecular weight excluding hydrogens is 286 g/mol. The third-order valence-corrected chi connectivity index (χ3v) is 3.61. The van der Waals surface area contributed by atoms with Crippen molar-refractivity contribution < 1.29 is 14.6 Å². The number of aromatic amines is 1. The first-order chi connectivity index (χ1) is 10.2. The van der Waals surface area contributed by atoms with Crippen molar-refractivity contribution in [2.75, 3.05) is 13.1 Å². The number of nitrogens with zero attached hydrogens (tertiary/aromatic N) is 2. The Kier molecular flexibility index (Phi) is 4.44. The normalized spacial score (nSPS) is 16.6. The molecule has 1 saturated heterocycles. The van der Waals surface area contributed by atoms with Gasteiger partial charge in [-0.3, -0.25) is 4.79 Å². The Balaban J connectivity index is 2.04. The Morgan fingerprint density at radius 3 is 2.45 bits per heavy atom. The second kappa shape index (κ2) is 5.98. The second-order valence-electron chi connectivity index (χ2n) is 6.63. The molecule has 0 spiro atoms. The van der Waals surface area contributed by atoms with Gasteiger partial charge in [-0.15, -0.1) is 0 Å². The van der Waals surface area contributed by atoms with Gasteiger partial charge in [0.15, 0.2) is 0 Å². The number of ether oxygens (including phenoxy) is 1. The summed E-state index contributed by atoms with van der Waals surface area (Å²) in [5, 5.41) is 9.92. The molecule has 1 aromatic rings. The molecule has 2 rings (SSSR count). The van der Waals surface area contributed by atoms with E-state index in [2.05, 4.69) is 9.97 Å². The fourth-order valence-electron chi connectivity index (χ4n) is 2.63. The van der Waals surface area contributed by atoms with Crippen LogP contribution in [0.3, 0.4) is 0 Å². The Morgan fingerprint density at radius 1 is 1.36 bits per heavy atom. The second-order valence-corrected chi connectivity index (χ2v) is 6.63. The molecular formula is C15H23N3O4. The lowest BCUT2D eigenvalue weighted by Gasteiger charge is -2.33. The van der Waals surface area contributed by atoms with E-state index < -0.39 is 5.60 Å². The van der Waals surface area contributed by atoms with Gasteiger partial charge in [0.25, 0.3) is 5.56 Å². The van der Waals surface area contributed by atoms with Crippen molar-refractivity contribution in [2.45, 2.75) is 52.1 Å². The summed E-state index contributed by atoms with van der Waals surface area (Å²) in [6.07, 6.45) is 0.854. The van der Waals surface area contributed by atoms with Crippen LogP contribution in [0.2, 0.25) is 0 Å². The van der Waals surface area contributed by atoms with E-state index >= 15 is 0 Å². The zero-order valence-corrected chi connectivity index (χ0v) is 13.5. The van der Waals surface area contributed by atoms with Crippen LogP contribution >= 0.6 is 0 Å². The summed E-state index contributed by atoms with van der Waals surface area (Å²) in [4.78, 5) is 32.2. The number of hydrogen-bond acceptors (Lipinski definition) is 5. The van der Waals surface area contributed by atoms with Crippen molar-refractivity contribution in [1.29, 1.82) is 0 Å². The van der Waals surface area contributed by atoms with Crippen LogP contribution in [0.1, 0.15) is 50.9 Å². The highest BCUT2D eigenvalue weighted by atomic mass is 16.6. The maximum atomic E-state index is 12.0. The van der Waals surface area contributed by atoms with E-state index in [9.17, 15) is 14.7 Å². The van der Waals surface area contributed by atoms with Crippen LogP contribution in [0, 0.1) is 6.92 Å². The van der Waals surface area contributed by atoms with Crippen LogP contribution in [-0.2, 0) is 4.74 Å². The van der Waals surface area contributed by atoms with Gasteiger partial charge >= 0.3 is 6.09 Å². The zero-order chi connectivity index (χ0) is 16.5. The average molecular weight is 309 g/mol. The van der Waals surface area contributed by atoms with Crippen molar-refractivity contribution in [2.24, 2.45) is 0 Å². The number of rotatable bonds is 1. The minimum atomic E-state index is -0.524. The lowest BCUT2D eigenvalue weighted by atomic mass is 9.91. The van der Waals surface area contributed by atoms with E-state index in [0.29, 0.717) is 37.3 Å². The van der Waals surface area contributed by atoms with Crippen molar-refractivity contribution in [1.82, 2.24) is 14.9 Å². The van der Waals surface area contributed by atoms with Gasteiger partial charge < -0.3 is 19.7 Å². The molecule has 1 amide bonds. The van der Waals surface area contributed by atoms with Crippen LogP contribution in [-0.4, -0.2) is 44.8 Å². The third kappa shape index (κ3) is 3.78. The number of nitrogens with one attached hydrogen (secondary N) is 1. The summed E-state index contributed by atoms with van der Waals surface area (Å²) < 4.78 is 5.34. The molecule has 0 bridgehead atoms. The number of amides is 1. The van der Waals surface area contributed by atoms with Crippen molar-refractivity contribution in [3.8, 4) is 5.88 Å². The monoisotopic (exact) mass is 309 g/mol. The number of likely N-dealkylation sites (tertiary alicyclic amines) is 1. The number of carbonyl (C=O) groups excluding carboxylic acids is 1. The molecule has 7 heteroatoms. The summed E-state index contributed by atoms with van der Waals surface area (Å²) in [6.45, 7) is 8.09. The maximum absolute atomic E-state index is 12.0. The minimum absolute atomic E-state index is 0.101. The summed E-state index contributed by atoms with van der Waals surface area (Å²) in [5.74, 6) is 0.0740. The van der Waals surface area contributed by atoms with Gasteiger partial charge in [-0.05, 0) is 46.5 Å². The molecule has 0 aliphatic carbocycles. The standard InChI is InChI=1S/C15H23N3O4/c1-9-16-12(19)11(13(20)17-9)10-5-7-18(8-6-10)14(21)22-15(2,3)4/h10H,5-8H2,1-4H3,(H2,16,17,19,20). The fourth-order valence-corrected chi connectivity index (χ4v) is 2.63. The van der Waals surface area contributed by atoms with Crippen LogP contribution < -0.4 is 5.56 Å². The molecule has 0 aromatic carbocycles. The van der Waals surface area contributed by atoms with Gasteiger partial charge in [-0.1, -0.05) is 0 Å². The van der Waals surface area contributed by atoms with Gasteiger partial charge in [0.2, 0.25) is 5.88 Å². The van der Waals surface area contributed by atoms with Gasteiger partial charge in [-0.2, -0.15) is 0 Å². The number of H-pyrrole nitrogens is 1. The van der Waals surface area contributed by atoms with E-state index in [-0.39, 0.29) is 23.5 Å². The van der Waals surface area contributed by atoms with Crippen molar-refractivity contribution in [3.05, 3.63) is 21.7 Å². The SMILES string of the molecule is Cc1nc(O)c(C2CCN(C(=O)OC(C)(C)C)CC2)c(=O)[nH]1. The smallest absolute Gasteiger partial charge is 0.410 e. The molecule has 0 saturated carbocycles. The van der Waals surface area contributed by atoms with E-state index in [4.69, 9.17) is 4.74 Å². The first kappa shape index (κ1) is 16.3. The highest BCUT2D eigenvalue weighted by Crippen LogP contribution is 2.30. The third-order valence-electron chi connectivity index (χ3n) is 3.61. The van der Waals surface area contributed by atoms with Crippen LogP contribution in [0.5, 0.6) is 5.88 Å². The van der Waals surface area contributed by atoms with Gasteiger partial charge in [0.05, 0.1) is 5.56 Å². The Labute approximate surface area is 129 Å². The topological polar surface area (TPSA) is 95.5 Å². The van der Waals surface area contributed by atoms with E-state index in [1.807, 2.05) is 20.8 Å². The summed E-state index contributed by atoms with van der Waals surface area (Å²) in [7, 11) is 0. The molecule has 0 radical (unpaired) electrons. The Bertz CT molecular complexity index is 610. The maximum Gasteiger partial charge on any atom is 0.410 e. The van der Waals surface area contributed by atoms with Crippen LogP contribution in [0.15, 0.2) is 4.79 Å². The highest BCUT2D eigenvalue weighted by Gasteiger charge is 2.30. The predicted octanol–water partition coefficient (Wildman–Crippen LogP) is 1.90. The van der Waals surface area contributed by atoms with Crippen molar-refractivity contribution in [3.63, 3.8) is 0 Å². The molecule has 0 unspecified atom stereocenters. The van der Waals surface area contributed by atoms with Gasteiger partial charge in [0, 0.05) is 13.1 Å². The first-order valence-corrected chi connectivity index (χ1v) is 7.45. The summed E-state index contributed by atoms with van der Waals surface area (Å²) >= 11 is 0. The van der Waals surface area contributed by atoms with Crippen LogP contribution in [0.25, 0.3) is 0 Å². The molecule has 1 aromatic heterocycles. The van der Waals surface area contributed by atoms with Gasteiger partial charge in [0.1, 0.15) is 11.4 Å². The fraction of sp³-hybridized carbons (Fsp3) is 0.667. The number of carbonyl (C=O) groups is 1. The number of piperidine rings is 1. The number of aromatic nitrogens is 2. The number of hydrogen-bond donors (Lipinski definition) is 2. The summed E-state index contributed by atoms with van der Waals surface area (Å²) in [5.41, 5.74) is -0.514. The number of aryl methyl sites for hydroxylation is 1. The molecule has 7 nitrogen and oxygen atoms in total. The Hall–Kier alpha value is -2.05. The zero-order valence-electron chi connectivity index (χ0n) is 13.5. The first-order valence-electron chi connectivity index (χ1n) is 7.45. The Morgan fingerprint density at radius 2 is 1.95 bits per heavy atom. The minimum Gasteiger partial charge on any atom is -0.493 e. The lowest BCUT2D eigenvalue weighted by Crippen LogP contribution is -2.41. The molecule has 1 aliphatic heterocycles. The highest BCUT2D eigenvalue weighted by molar-refractivity contribution is 5.68. The average Bonchev–Trinajstić information content (AvgIpc) is 2.36. The van der Waals surface area contributed by atoms with Gasteiger partial charge in [-0.25, -0.2) is 9.78 Å². The molecule has 2 N–H and O–H groups in total. The number of aromatic hydroxyl groups is 1. The predicted molar refractivity (Wildman–Crippen MR) is 81.0 cm³/mol. The van der Waals surface area contributed by atoms with Crippen LogP contribution in [0.4, 0.5) is 4.79 Å². The van der Waals surface area contributed by atoms with E-state index in [1.165, 1.54) is 0 Å². The lowest BCUT2D eigenvalue weighted by molar-refractivity contribution is 0.0204. The largest absolute Gasteiger partial charge is 0.493 e. The molecule has 0 atom stereocenters. The molecule has 2 heterocycles. The quantitative estimate of drug-likeness (QED) is 0.826. The van der Waals surface area contributed by atoms with Crippen molar-refractivity contribution >= 4 is 6.09 Å². The van der Waals surface area contributed by atoms with E-state index in [0.717, 1.165) is 0 Å². The molecule has 1 fully saturated rings. The molecule has 22 heavy (non-hydrogen) atoms. The molecule has 122 valence electrons.